The van der Waals surface area contributed by atoms with Gasteiger partial charge in [0.25, 0.3) is 17.7 Å². The molecule has 5 rings (SSSR count). The van der Waals surface area contributed by atoms with Crippen LogP contribution in [0.3, 0.4) is 0 Å². The molecule has 0 spiro atoms. The Balaban J connectivity index is 1.56. The summed E-state index contributed by atoms with van der Waals surface area (Å²) in [6.07, 6.45) is 1.94. The highest BCUT2D eigenvalue weighted by Gasteiger charge is 2.58. The zero-order valence-corrected chi connectivity index (χ0v) is 24.4. The average Bonchev–Trinajstić information content (AvgIpc) is 3.16. The molecule has 0 aromatic heterocycles. The van der Waals surface area contributed by atoms with Crippen molar-refractivity contribution in [1.82, 2.24) is 4.90 Å². The van der Waals surface area contributed by atoms with E-state index in [9.17, 15) is 14.4 Å². The Hall–Kier alpha value is -2.29. The van der Waals surface area contributed by atoms with Crippen LogP contribution in [0, 0.1) is 0 Å². The number of rotatable bonds is 7. The third-order valence-electron chi connectivity index (χ3n) is 6.57. The number of unbranched alkanes of at least 4 members (excludes halogenated alkanes) is 1. The molecule has 0 N–H and O–H groups in total. The number of nitrogens with zero attached hydrogens (tertiary/aromatic N) is 2. The number of imide groups is 1. The van der Waals surface area contributed by atoms with Crippen LogP contribution in [0.15, 0.2) is 53.0 Å². The van der Waals surface area contributed by atoms with E-state index < -0.39 is 29.8 Å². The number of amides is 3. The first-order valence-electron chi connectivity index (χ1n) is 11.7. The molecule has 6 nitrogen and oxygen atoms in total. The standard InChI is InChI=1S/C27H19BrCl4N2O4/c1-2-3-12-38-16-10-4-13(5-11-16)23-24(27(37)33(23)15-8-6-14(28)7-9-15)34-25(35)17-18(26(34)36)20(30)22(32)21(31)19(17)29/h4-11,23-24H,2-3,12H2,1H3. The average molecular weight is 657 g/mol. The maximum absolute atomic E-state index is 13.6. The number of β-lactam (4-membered cyclic amide) rings is 1. The minimum atomic E-state index is -1.14. The molecular formula is C27H19BrCl4N2O4. The van der Waals surface area contributed by atoms with E-state index in [4.69, 9.17) is 51.1 Å². The molecule has 2 aliphatic heterocycles. The lowest BCUT2D eigenvalue weighted by molar-refractivity contribution is -0.130. The first-order chi connectivity index (χ1) is 18.2. The fourth-order valence-electron chi connectivity index (χ4n) is 4.66. The van der Waals surface area contributed by atoms with E-state index in [-0.39, 0.29) is 31.2 Å². The van der Waals surface area contributed by atoms with Gasteiger partial charge in [0.2, 0.25) is 0 Å². The summed E-state index contributed by atoms with van der Waals surface area (Å²) in [6, 6.07) is 12.6. The second-order valence-corrected chi connectivity index (χ2v) is 11.3. The maximum Gasteiger partial charge on any atom is 0.264 e. The van der Waals surface area contributed by atoms with E-state index in [0.29, 0.717) is 23.6 Å². The van der Waals surface area contributed by atoms with Gasteiger partial charge >= 0.3 is 0 Å². The minimum Gasteiger partial charge on any atom is -0.494 e. The van der Waals surface area contributed by atoms with Crippen molar-refractivity contribution >= 4 is 85.7 Å². The lowest BCUT2D eigenvalue weighted by Gasteiger charge is -2.49. The molecule has 1 saturated heterocycles. The molecule has 0 aliphatic carbocycles. The van der Waals surface area contributed by atoms with Crippen molar-refractivity contribution in [2.45, 2.75) is 31.8 Å². The Bertz CT molecular complexity index is 1420. The molecule has 2 atom stereocenters. The molecule has 3 aromatic carbocycles. The smallest absolute Gasteiger partial charge is 0.264 e. The van der Waals surface area contributed by atoms with Crippen LogP contribution in [-0.2, 0) is 4.79 Å². The molecule has 0 bridgehead atoms. The summed E-state index contributed by atoms with van der Waals surface area (Å²) in [6.45, 7) is 2.67. The number of carbonyl (C=O) groups is 3. The number of ether oxygens (including phenoxy) is 1. The zero-order chi connectivity index (χ0) is 27.3. The number of halogens is 5. The molecular weight excluding hydrogens is 638 g/mol. The van der Waals surface area contributed by atoms with Gasteiger partial charge < -0.3 is 9.64 Å². The monoisotopic (exact) mass is 654 g/mol. The Morgan fingerprint density at radius 2 is 1.32 bits per heavy atom. The van der Waals surface area contributed by atoms with Gasteiger partial charge in [0, 0.05) is 10.2 Å². The third kappa shape index (κ3) is 4.38. The fraction of sp³-hybridized carbons (Fsp3) is 0.222. The Kier molecular flexibility index (Phi) is 7.68. The molecule has 196 valence electrons. The quantitative estimate of drug-likeness (QED) is 0.0850. The number of hydrogen-bond acceptors (Lipinski definition) is 4. The summed E-state index contributed by atoms with van der Waals surface area (Å²) >= 11 is 28.4. The minimum absolute atomic E-state index is 0.133. The number of fused-ring (bicyclic) bond motifs is 1. The van der Waals surface area contributed by atoms with Crippen LogP contribution in [-0.4, -0.2) is 35.3 Å². The van der Waals surface area contributed by atoms with Crippen molar-refractivity contribution in [1.29, 1.82) is 0 Å². The normalized spacial score (nSPS) is 18.6. The van der Waals surface area contributed by atoms with E-state index in [2.05, 4.69) is 22.9 Å². The summed E-state index contributed by atoms with van der Waals surface area (Å²) < 4.78 is 6.61. The number of anilines is 1. The molecule has 38 heavy (non-hydrogen) atoms. The molecule has 2 aliphatic rings. The van der Waals surface area contributed by atoms with Gasteiger partial charge in [-0.05, 0) is 48.4 Å². The number of hydrogen-bond donors (Lipinski definition) is 0. The van der Waals surface area contributed by atoms with Gasteiger partial charge in [-0.15, -0.1) is 0 Å². The predicted molar refractivity (Wildman–Crippen MR) is 152 cm³/mol. The number of carbonyl (C=O) groups excluding carboxylic acids is 3. The van der Waals surface area contributed by atoms with E-state index in [1.807, 2.05) is 24.3 Å². The summed E-state index contributed by atoms with van der Waals surface area (Å²) in [5.74, 6) is -1.26. The van der Waals surface area contributed by atoms with Crippen molar-refractivity contribution < 1.29 is 19.1 Å². The third-order valence-corrected chi connectivity index (χ3v) is 8.90. The van der Waals surface area contributed by atoms with Crippen molar-refractivity contribution in [3.05, 3.63) is 89.8 Å². The van der Waals surface area contributed by atoms with Gasteiger partial charge in [-0.2, -0.15) is 0 Å². The maximum atomic E-state index is 13.6. The van der Waals surface area contributed by atoms with Gasteiger partial charge in [-0.3, -0.25) is 19.3 Å². The summed E-state index contributed by atoms with van der Waals surface area (Å²) in [5.41, 5.74) is 1.00. The lowest BCUT2D eigenvalue weighted by atomic mass is 9.86. The molecule has 1 fully saturated rings. The van der Waals surface area contributed by atoms with Crippen LogP contribution in [0.25, 0.3) is 0 Å². The van der Waals surface area contributed by atoms with Crippen molar-refractivity contribution in [3.8, 4) is 5.75 Å². The predicted octanol–water partition coefficient (Wildman–Crippen LogP) is 7.99. The zero-order valence-electron chi connectivity index (χ0n) is 19.8. The second kappa shape index (κ2) is 10.7. The Labute approximate surface area is 247 Å². The van der Waals surface area contributed by atoms with Gasteiger partial charge in [0.05, 0.1) is 43.9 Å². The highest BCUT2D eigenvalue weighted by atomic mass is 79.9. The van der Waals surface area contributed by atoms with Crippen LogP contribution < -0.4 is 9.64 Å². The summed E-state index contributed by atoms with van der Waals surface area (Å²) in [4.78, 5) is 43.2. The number of benzene rings is 3. The van der Waals surface area contributed by atoms with Crippen LogP contribution in [0.1, 0.15) is 52.1 Å². The molecule has 2 unspecified atom stereocenters. The lowest BCUT2D eigenvalue weighted by Crippen LogP contribution is -2.67. The summed E-state index contributed by atoms with van der Waals surface area (Å²) in [5, 5.41) is -0.629. The SMILES string of the molecule is CCCCOc1ccc(C2C(N3C(=O)c4c(Cl)c(Cl)c(Cl)c(Cl)c4C3=O)C(=O)N2c2ccc(Br)cc2)cc1. The van der Waals surface area contributed by atoms with Gasteiger partial charge in [0.1, 0.15) is 11.8 Å². The summed E-state index contributed by atoms with van der Waals surface area (Å²) in [7, 11) is 0. The molecule has 11 heteroatoms. The molecule has 0 radical (unpaired) electrons. The van der Waals surface area contributed by atoms with Crippen molar-refractivity contribution in [3.63, 3.8) is 0 Å². The van der Waals surface area contributed by atoms with Gasteiger partial charge in [0.15, 0.2) is 0 Å². The Morgan fingerprint density at radius 1 is 0.763 bits per heavy atom. The van der Waals surface area contributed by atoms with E-state index >= 15 is 0 Å². The fourth-order valence-corrected chi connectivity index (χ4v) is 5.94. The van der Waals surface area contributed by atoms with Crippen molar-refractivity contribution in [2.75, 3.05) is 11.5 Å². The van der Waals surface area contributed by atoms with E-state index in [1.54, 1.807) is 29.2 Å². The van der Waals surface area contributed by atoms with Crippen LogP contribution in [0.4, 0.5) is 5.69 Å². The molecule has 0 saturated carbocycles. The first-order valence-corrected chi connectivity index (χ1v) is 14.0. The molecule has 3 aromatic rings. The highest BCUT2D eigenvalue weighted by molar-refractivity contribution is 9.10. The largest absolute Gasteiger partial charge is 0.494 e. The van der Waals surface area contributed by atoms with Crippen LogP contribution in [0.5, 0.6) is 5.75 Å². The van der Waals surface area contributed by atoms with Crippen LogP contribution >= 0.6 is 62.3 Å². The van der Waals surface area contributed by atoms with Gasteiger partial charge in [-0.25, -0.2) is 0 Å². The van der Waals surface area contributed by atoms with Gasteiger partial charge in [-0.1, -0.05) is 87.8 Å². The highest BCUT2D eigenvalue weighted by Crippen LogP contribution is 2.49. The Morgan fingerprint density at radius 3 is 1.84 bits per heavy atom. The van der Waals surface area contributed by atoms with E-state index in [1.165, 1.54) is 0 Å². The van der Waals surface area contributed by atoms with E-state index in [0.717, 1.165) is 22.2 Å². The second-order valence-electron chi connectivity index (χ2n) is 8.83. The first kappa shape index (κ1) is 27.3. The topological polar surface area (TPSA) is 66.9 Å². The van der Waals surface area contributed by atoms with Crippen molar-refractivity contribution in [2.24, 2.45) is 0 Å². The molecule has 3 amide bonds. The van der Waals surface area contributed by atoms with Crippen LogP contribution in [0.2, 0.25) is 20.1 Å². The molecule has 2 heterocycles.